The molecule has 0 radical (unpaired) electrons. The first-order valence-electron chi connectivity index (χ1n) is 9.84. The number of fused-ring (bicyclic) bond motifs is 4. The highest BCUT2D eigenvalue weighted by atomic mass is 35.5. The number of aromatic nitrogens is 4. The van der Waals surface area contributed by atoms with Crippen molar-refractivity contribution in [3.63, 3.8) is 0 Å². The topological polar surface area (TPSA) is 102 Å². The number of para-hydroxylation sites is 1. The van der Waals surface area contributed by atoms with Crippen LogP contribution in [0, 0.1) is 6.92 Å². The minimum absolute atomic E-state index is 0. The Hall–Kier alpha value is -2.84. The van der Waals surface area contributed by atoms with E-state index in [1.54, 1.807) is 12.5 Å². The van der Waals surface area contributed by atoms with Gasteiger partial charge >= 0.3 is 0 Å². The van der Waals surface area contributed by atoms with Gasteiger partial charge in [-0.1, -0.05) is 18.2 Å². The van der Waals surface area contributed by atoms with Crippen molar-refractivity contribution in [2.45, 2.75) is 19.4 Å². The monoisotopic (exact) mass is 506 g/mol. The van der Waals surface area contributed by atoms with Gasteiger partial charge in [-0.3, -0.25) is 4.79 Å². The summed E-state index contributed by atoms with van der Waals surface area (Å²) >= 11 is 0. The van der Waals surface area contributed by atoms with E-state index in [1.165, 1.54) is 10.9 Å². The van der Waals surface area contributed by atoms with Gasteiger partial charge in [-0.15, -0.1) is 37.2 Å². The number of carbonyl (C=O) groups excluding carboxylic acids is 1. The van der Waals surface area contributed by atoms with Crippen LogP contribution in [0.5, 0.6) is 0 Å². The van der Waals surface area contributed by atoms with Crippen molar-refractivity contribution in [2.24, 2.45) is 12.8 Å². The maximum Gasteiger partial charge on any atom is 0.241 e. The maximum absolute atomic E-state index is 12.6. The van der Waals surface area contributed by atoms with Crippen molar-refractivity contribution in [1.29, 1.82) is 0 Å². The minimum atomic E-state index is -0.667. The Morgan fingerprint density at radius 2 is 1.91 bits per heavy atom. The van der Waals surface area contributed by atoms with Crippen LogP contribution in [0.25, 0.3) is 33.2 Å². The molecule has 174 valence electrons. The molecule has 3 aromatic rings. The predicted molar refractivity (Wildman–Crippen MR) is 140 cm³/mol. The van der Waals surface area contributed by atoms with Crippen LogP contribution in [-0.2, 0) is 18.3 Å². The molecule has 0 aliphatic carbocycles. The number of amides is 1. The Labute approximate surface area is 209 Å². The highest BCUT2D eigenvalue weighted by Gasteiger charge is 2.21. The summed E-state index contributed by atoms with van der Waals surface area (Å²) in [6.45, 7) is 2.12. The quantitative estimate of drug-likeness (QED) is 0.330. The molecule has 2 aromatic carbocycles. The molecular weight excluding hydrogens is 483 g/mol. The maximum atomic E-state index is 12.6. The highest BCUT2D eigenvalue weighted by Crippen LogP contribution is 2.38. The van der Waals surface area contributed by atoms with Gasteiger partial charge in [0.2, 0.25) is 5.91 Å². The number of hydrogen-bond acceptors (Lipinski definition) is 4. The van der Waals surface area contributed by atoms with E-state index in [9.17, 15) is 4.79 Å². The molecule has 0 saturated carbocycles. The first-order valence-corrected chi connectivity index (χ1v) is 9.84. The molecule has 4 N–H and O–H groups in total. The molecule has 10 heteroatoms. The van der Waals surface area contributed by atoms with Crippen molar-refractivity contribution in [3.05, 3.63) is 66.2 Å². The summed E-state index contributed by atoms with van der Waals surface area (Å²) in [6.07, 6.45) is 3.65. The van der Waals surface area contributed by atoms with Gasteiger partial charge in [-0.05, 0) is 36.8 Å². The van der Waals surface area contributed by atoms with Gasteiger partial charge in [0.15, 0.2) is 0 Å². The number of pyridine rings is 1. The predicted octanol–water partition coefficient (Wildman–Crippen LogP) is 4.64. The van der Waals surface area contributed by atoms with Crippen LogP contribution in [0.2, 0.25) is 0 Å². The van der Waals surface area contributed by atoms with Crippen molar-refractivity contribution in [2.75, 3.05) is 5.32 Å². The zero-order chi connectivity index (χ0) is 20.8. The number of anilines is 1. The van der Waals surface area contributed by atoms with E-state index in [1.807, 2.05) is 37.4 Å². The second kappa shape index (κ2) is 10.4. The lowest BCUT2D eigenvalue weighted by molar-refractivity contribution is -0.117. The molecule has 33 heavy (non-hydrogen) atoms. The average Bonchev–Trinajstić information content (AvgIpc) is 3.39. The Morgan fingerprint density at radius 1 is 1.15 bits per heavy atom. The average molecular weight is 508 g/mol. The van der Waals surface area contributed by atoms with Crippen molar-refractivity contribution in [1.82, 2.24) is 19.5 Å². The second-order valence-corrected chi connectivity index (χ2v) is 7.62. The van der Waals surface area contributed by atoms with Gasteiger partial charge in [0, 0.05) is 52.9 Å². The number of nitrogens with zero attached hydrogens (tertiary/aromatic N) is 3. The van der Waals surface area contributed by atoms with E-state index in [0.29, 0.717) is 12.1 Å². The van der Waals surface area contributed by atoms with Crippen molar-refractivity contribution < 1.29 is 4.79 Å². The molecule has 2 aliphatic rings. The molecule has 0 fully saturated rings. The summed E-state index contributed by atoms with van der Waals surface area (Å²) in [4.78, 5) is 24.4. The van der Waals surface area contributed by atoms with Crippen LogP contribution in [-0.4, -0.2) is 31.5 Å². The number of rotatable bonds is 4. The fourth-order valence-electron chi connectivity index (χ4n) is 4.11. The molecule has 1 atom stereocenters. The van der Waals surface area contributed by atoms with E-state index < -0.39 is 6.04 Å². The number of carbonyl (C=O) groups is 1. The number of halogens is 3. The van der Waals surface area contributed by atoms with Crippen molar-refractivity contribution >= 4 is 70.6 Å². The lowest BCUT2D eigenvalue weighted by atomic mass is 10.00. The summed E-state index contributed by atoms with van der Waals surface area (Å²) in [6, 6.07) is 13.4. The smallest absolute Gasteiger partial charge is 0.241 e. The lowest BCUT2D eigenvalue weighted by Crippen LogP contribution is -2.37. The van der Waals surface area contributed by atoms with Gasteiger partial charge in [-0.25, -0.2) is 9.97 Å². The third-order valence-electron chi connectivity index (χ3n) is 5.68. The lowest BCUT2D eigenvalue weighted by Gasteiger charge is -2.15. The Balaban J connectivity index is 0.00000128. The first kappa shape index (κ1) is 26.4. The number of H-pyrrole nitrogens is 1. The zero-order valence-electron chi connectivity index (χ0n) is 18.0. The van der Waals surface area contributed by atoms with E-state index in [-0.39, 0.29) is 43.1 Å². The number of nitrogens with one attached hydrogen (secondary N) is 2. The van der Waals surface area contributed by atoms with Gasteiger partial charge in [0.05, 0.1) is 17.9 Å². The van der Waals surface area contributed by atoms with Crippen molar-refractivity contribution in [3.8, 4) is 11.4 Å². The molecule has 2 aliphatic heterocycles. The third kappa shape index (κ3) is 4.63. The number of nitrogens with two attached hydrogens (primary N) is 1. The molecule has 0 saturated heterocycles. The Kier molecular flexibility index (Phi) is 8.32. The Morgan fingerprint density at radius 3 is 2.64 bits per heavy atom. The SMILES string of the molecule is Cc1c2c3cc(NC(=O)[C@@H](N)Cc4cnc[nH]4)ccc3nc-2n(C)c2ccccc12.Cl.Cl.Cl. The number of imidazole rings is 1. The molecule has 7 nitrogen and oxygen atoms in total. The van der Waals surface area contributed by atoms with Crippen LogP contribution < -0.4 is 11.1 Å². The fraction of sp³-hybridized carbons (Fsp3) is 0.174. The molecule has 0 bridgehead atoms. The van der Waals surface area contributed by atoms with Gasteiger partial charge in [-0.2, -0.15) is 0 Å². The molecular formula is C23H25Cl3N6O. The second-order valence-electron chi connectivity index (χ2n) is 7.62. The first-order chi connectivity index (χ1) is 14.5. The third-order valence-corrected chi connectivity index (χ3v) is 5.68. The van der Waals surface area contributed by atoms with Crippen LogP contribution in [0.15, 0.2) is 55.0 Å². The van der Waals surface area contributed by atoms with Crippen LogP contribution in [0.3, 0.4) is 0 Å². The zero-order valence-corrected chi connectivity index (χ0v) is 20.5. The summed E-state index contributed by atoms with van der Waals surface area (Å²) in [7, 11) is 2.03. The highest BCUT2D eigenvalue weighted by molar-refractivity contribution is 6.06. The summed E-state index contributed by atoms with van der Waals surface area (Å²) in [5.74, 6) is 0.695. The van der Waals surface area contributed by atoms with E-state index >= 15 is 0 Å². The van der Waals surface area contributed by atoms with Gasteiger partial charge < -0.3 is 20.6 Å². The van der Waals surface area contributed by atoms with E-state index in [2.05, 4.69) is 38.9 Å². The van der Waals surface area contributed by atoms with Crippen LogP contribution in [0.1, 0.15) is 11.3 Å². The largest absolute Gasteiger partial charge is 0.348 e. The summed E-state index contributed by atoms with van der Waals surface area (Å²) in [5.41, 5.74) is 11.9. The summed E-state index contributed by atoms with van der Waals surface area (Å²) < 4.78 is 2.12. The standard InChI is InChI=1S/C23H22N6O.3ClH/c1-13-16-5-3-4-6-20(16)29(2)22-21(13)17-9-14(7-8-19(17)28-22)27-23(30)18(24)10-15-11-25-12-26-15;;;/h3-9,11-12,18H,10,24H2,1-2H3,(H,25,26)(H,27,30);3*1H/t18-;;;/m0.../s1. The van der Waals surface area contributed by atoms with Gasteiger partial charge in [0.1, 0.15) is 5.82 Å². The minimum Gasteiger partial charge on any atom is -0.348 e. The number of hydrogen-bond donors (Lipinski definition) is 3. The molecule has 1 aromatic heterocycles. The van der Waals surface area contributed by atoms with Crippen LogP contribution in [0.4, 0.5) is 5.69 Å². The molecule has 3 heterocycles. The van der Waals surface area contributed by atoms with E-state index in [0.717, 1.165) is 33.5 Å². The molecule has 0 spiro atoms. The Bertz CT molecular complexity index is 1370. The summed E-state index contributed by atoms with van der Waals surface area (Å²) in [5, 5.41) is 5.15. The number of aromatic amines is 1. The molecule has 0 unspecified atom stereocenters. The molecule has 1 amide bonds. The number of aryl methyl sites for hydroxylation is 2. The van der Waals surface area contributed by atoms with E-state index in [4.69, 9.17) is 10.7 Å². The fourth-order valence-corrected chi connectivity index (χ4v) is 4.11. The normalized spacial score (nSPS) is 11.5. The van der Waals surface area contributed by atoms with Crippen LogP contribution >= 0.6 is 37.2 Å². The van der Waals surface area contributed by atoms with Gasteiger partial charge in [0.25, 0.3) is 0 Å². The molecule has 5 rings (SSSR count). The number of benzene rings is 2.